The molecule has 0 saturated carbocycles. The molecule has 0 bridgehead atoms. The van der Waals surface area contributed by atoms with E-state index in [0.717, 1.165) is 50.1 Å². The first-order chi connectivity index (χ1) is 28.7. The minimum Gasteiger partial charge on any atom is -0.208 e. The molecule has 1 aliphatic carbocycles. The third kappa shape index (κ3) is 5.27. The Bertz CT molecular complexity index is 3030. The fraction of sp³-hybridized carbons (Fsp3) is 0.0189. The van der Waals surface area contributed by atoms with Gasteiger partial charge in [-0.25, -0.2) is 15.0 Å². The van der Waals surface area contributed by atoms with Crippen molar-refractivity contribution in [2.45, 2.75) is 15.2 Å². The molecular weight excluding hydrogens is 725 g/mol. The second-order valence-electron chi connectivity index (χ2n) is 14.6. The summed E-state index contributed by atoms with van der Waals surface area (Å²) in [5.74, 6) is 1.83. The standard InChI is InChI=1S/C53H32N4S/c54-33-34-25-27-37(28-26-34)40-17-11-21-44-48(40)49-41(18-12-22-45(49)53(44)42-19-7-9-23-46(42)58-47-24-10-8-20-43(47)53)52-56-50(38-15-5-2-6-16-38)55-51(57-52)39-31-29-36(30-32-39)35-13-3-1-4-14-35/h1-32H. The minimum absolute atomic E-state index is 0.604. The highest BCUT2D eigenvalue weighted by Crippen LogP contribution is 2.64. The Morgan fingerprint density at radius 1 is 0.362 bits per heavy atom. The molecule has 0 atom stereocenters. The van der Waals surface area contributed by atoms with Crippen LogP contribution in [0.4, 0.5) is 0 Å². The molecule has 0 fully saturated rings. The summed E-state index contributed by atoms with van der Waals surface area (Å²) in [6, 6.07) is 70.3. The summed E-state index contributed by atoms with van der Waals surface area (Å²) in [4.78, 5) is 18.2. The molecule has 2 heterocycles. The van der Waals surface area contributed by atoms with E-state index in [0.29, 0.717) is 23.0 Å². The largest absolute Gasteiger partial charge is 0.208 e. The Labute approximate surface area is 341 Å². The summed E-state index contributed by atoms with van der Waals surface area (Å²) in [5, 5.41) is 9.70. The number of hydrogen-bond acceptors (Lipinski definition) is 5. The van der Waals surface area contributed by atoms with Crippen molar-refractivity contribution in [2.24, 2.45) is 0 Å². The molecule has 1 aromatic heterocycles. The lowest BCUT2D eigenvalue weighted by molar-refractivity contribution is 0.722. The molecular formula is C53H32N4S. The van der Waals surface area contributed by atoms with E-state index >= 15 is 0 Å². The van der Waals surface area contributed by atoms with Gasteiger partial charge in [0.15, 0.2) is 17.5 Å². The van der Waals surface area contributed by atoms with Gasteiger partial charge in [0.1, 0.15) is 0 Å². The molecule has 2 aliphatic rings. The van der Waals surface area contributed by atoms with Crippen molar-refractivity contribution in [1.82, 2.24) is 15.0 Å². The summed E-state index contributed by atoms with van der Waals surface area (Å²) in [6.07, 6.45) is 0. The zero-order valence-corrected chi connectivity index (χ0v) is 32.0. The van der Waals surface area contributed by atoms with Gasteiger partial charge in [-0.3, -0.25) is 0 Å². The van der Waals surface area contributed by atoms with Crippen LogP contribution < -0.4 is 0 Å². The van der Waals surface area contributed by atoms with Crippen molar-refractivity contribution in [3.63, 3.8) is 0 Å². The van der Waals surface area contributed by atoms with E-state index in [1.807, 2.05) is 48.2 Å². The van der Waals surface area contributed by atoms with Gasteiger partial charge in [-0.1, -0.05) is 182 Å². The van der Waals surface area contributed by atoms with Gasteiger partial charge in [0.05, 0.1) is 17.0 Å². The normalized spacial score (nSPS) is 12.9. The van der Waals surface area contributed by atoms with Crippen molar-refractivity contribution >= 4 is 11.8 Å². The van der Waals surface area contributed by atoms with Gasteiger partial charge in [0.25, 0.3) is 0 Å². The molecule has 0 amide bonds. The first-order valence-corrected chi connectivity index (χ1v) is 20.1. The number of rotatable bonds is 5. The van der Waals surface area contributed by atoms with Gasteiger partial charge in [-0.05, 0) is 79.9 Å². The van der Waals surface area contributed by atoms with E-state index in [1.165, 1.54) is 32.0 Å². The Morgan fingerprint density at radius 2 is 0.793 bits per heavy atom. The van der Waals surface area contributed by atoms with Crippen molar-refractivity contribution in [1.29, 1.82) is 5.26 Å². The van der Waals surface area contributed by atoms with Gasteiger partial charge in [0.2, 0.25) is 0 Å². The lowest BCUT2D eigenvalue weighted by Gasteiger charge is -2.39. The Morgan fingerprint density at radius 3 is 1.40 bits per heavy atom. The SMILES string of the molecule is N#Cc1ccc(-c2cccc3c2-c2c(-c4nc(-c5ccccc5)nc(-c5ccc(-c6ccccc6)cc5)n4)cccc2C32c3ccccc3Sc3ccccc32)cc1. The number of nitriles is 1. The molecule has 1 aliphatic heterocycles. The highest BCUT2D eigenvalue weighted by atomic mass is 32.2. The minimum atomic E-state index is -0.604. The maximum Gasteiger partial charge on any atom is 0.164 e. The molecule has 11 rings (SSSR count). The average Bonchev–Trinajstić information content (AvgIpc) is 3.60. The van der Waals surface area contributed by atoms with Crippen LogP contribution in [0.15, 0.2) is 204 Å². The zero-order valence-electron chi connectivity index (χ0n) is 31.2. The van der Waals surface area contributed by atoms with Crippen LogP contribution in [-0.2, 0) is 5.41 Å². The van der Waals surface area contributed by atoms with Crippen LogP contribution in [0.2, 0.25) is 0 Å². The summed E-state index contributed by atoms with van der Waals surface area (Å²) in [7, 11) is 0. The van der Waals surface area contributed by atoms with Crippen molar-refractivity contribution in [3.8, 4) is 73.6 Å². The third-order valence-electron chi connectivity index (χ3n) is 11.5. The van der Waals surface area contributed by atoms with Crippen molar-refractivity contribution in [2.75, 3.05) is 0 Å². The molecule has 9 aromatic rings. The van der Waals surface area contributed by atoms with Crippen LogP contribution in [0.1, 0.15) is 27.8 Å². The fourth-order valence-electron chi connectivity index (χ4n) is 8.92. The van der Waals surface area contributed by atoms with E-state index in [1.54, 1.807) is 0 Å². The summed E-state index contributed by atoms with van der Waals surface area (Å²) in [6.45, 7) is 0. The number of fused-ring (bicyclic) bond motifs is 9. The zero-order chi connectivity index (χ0) is 38.6. The molecule has 270 valence electrons. The summed E-state index contributed by atoms with van der Waals surface area (Å²) in [5.41, 5.74) is 14.4. The highest BCUT2D eigenvalue weighted by Gasteiger charge is 2.51. The monoisotopic (exact) mass is 756 g/mol. The van der Waals surface area contributed by atoms with Gasteiger partial charge in [0, 0.05) is 26.5 Å². The summed E-state index contributed by atoms with van der Waals surface area (Å²) >= 11 is 1.83. The summed E-state index contributed by atoms with van der Waals surface area (Å²) < 4.78 is 0. The van der Waals surface area contributed by atoms with Crippen LogP contribution in [0.25, 0.3) is 67.5 Å². The quantitative estimate of drug-likeness (QED) is 0.175. The second kappa shape index (κ2) is 13.7. The number of nitrogens with zero attached hydrogens (tertiary/aromatic N) is 4. The first-order valence-electron chi connectivity index (χ1n) is 19.3. The first kappa shape index (κ1) is 33.9. The molecule has 1 spiro atoms. The third-order valence-corrected chi connectivity index (χ3v) is 12.6. The predicted molar refractivity (Wildman–Crippen MR) is 233 cm³/mol. The molecule has 4 nitrogen and oxygen atoms in total. The lowest BCUT2D eigenvalue weighted by atomic mass is 9.67. The lowest BCUT2D eigenvalue weighted by Crippen LogP contribution is -2.31. The average molecular weight is 757 g/mol. The van der Waals surface area contributed by atoms with Crippen LogP contribution in [0.5, 0.6) is 0 Å². The number of benzene rings is 8. The molecule has 8 aromatic carbocycles. The topological polar surface area (TPSA) is 62.5 Å². The fourth-order valence-corrected chi connectivity index (χ4v) is 10.1. The number of aromatic nitrogens is 3. The number of hydrogen-bond donors (Lipinski definition) is 0. The highest BCUT2D eigenvalue weighted by molar-refractivity contribution is 7.99. The molecule has 58 heavy (non-hydrogen) atoms. The molecule has 0 radical (unpaired) electrons. The smallest absolute Gasteiger partial charge is 0.164 e. The Balaban J connectivity index is 1.21. The van der Waals surface area contributed by atoms with Crippen LogP contribution >= 0.6 is 11.8 Å². The van der Waals surface area contributed by atoms with Gasteiger partial charge in [-0.2, -0.15) is 5.26 Å². The molecule has 0 unspecified atom stereocenters. The Kier molecular flexibility index (Phi) is 7.99. The maximum atomic E-state index is 9.70. The van der Waals surface area contributed by atoms with E-state index in [4.69, 9.17) is 15.0 Å². The maximum absolute atomic E-state index is 9.70. The van der Waals surface area contributed by atoms with Gasteiger partial charge < -0.3 is 0 Å². The predicted octanol–water partition coefficient (Wildman–Crippen LogP) is 12.9. The molecule has 0 N–H and O–H groups in total. The van der Waals surface area contributed by atoms with Crippen LogP contribution in [-0.4, -0.2) is 15.0 Å². The van der Waals surface area contributed by atoms with E-state index in [9.17, 15) is 5.26 Å². The van der Waals surface area contributed by atoms with E-state index in [2.05, 4.69) is 164 Å². The van der Waals surface area contributed by atoms with E-state index in [-0.39, 0.29) is 0 Å². The van der Waals surface area contributed by atoms with Crippen molar-refractivity contribution < 1.29 is 0 Å². The molecule has 0 saturated heterocycles. The van der Waals surface area contributed by atoms with Crippen molar-refractivity contribution in [3.05, 3.63) is 222 Å². The molecule has 5 heteroatoms. The second-order valence-corrected chi connectivity index (χ2v) is 15.7. The van der Waals surface area contributed by atoms with Gasteiger partial charge >= 0.3 is 0 Å². The van der Waals surface area contributed by atoms with E-state index < -0.39 is 5.41 Å². The Hall–Kier alpha value is -7.39. The van der Waals surface area contributed by atoms with Crippen LogP contribution in [0, 0.1) is 11.3 Å². The van der Waals surface area contributed by atoms with Crippen LogP contribution in [0.3, 0.4) is 0 Å². The van der Waals surface area contributed by atoms with Gasteiger partial charge in [-0.15, -0.1) is 0 Å².